The number of H-pyrrole nitrogens is 1. The van der Waals surface area contributed by atoms with Crippen molar-refractivity contribution in [1.82, 2.24) is 25.2 Å². The maximum Gasteiger partial charge on any atom is 0.215 e. The highest BCUT2D eigenvalue weighted by atomic mass is 35.5. The average molecular weight is 446 g/mol. The van der Waals surface area contributed by atoms with Crippen molar-refractivity contribution in [2.24, 2.45) is 0 Å². The van der Waals surface area contributed by atoms with E-state index in [1.54, 1.807) is 23.0 Å². The summed E-state index contributed by atoms with van der Waals surface area (Å²) in [5.41, 5.74) is 3.22. The van der Waals surface area contributed by atoms with E-state index in [0.29, 0.717) is 15.7 Å². The Labute approximate surface area is 187 Å². The van der Waals surface area contributed by atoms with Gasteiger partial charge < -0.3 is 4.98 Å². The molecule has 0 fully saturated rings. The lowest BCUT2D eigenvalue weighted by Gasteiger charge is -2.15. The van der Waals surface area contributed by atoms with Crippen molar-refractivity contribution in [3.8, 4) is 5.69 Å². The van der Waals surface area contributed by atoms with Gasteiger partial charge in [0.25, 0.3) is 0 Å². The lowest BCUT2D eigenvalue weighted by Crippen LogP contribution is -2.11. The summed E-state index contributed by atoms with van der Waals surface area (Å²) in [6, 6.07) is 24.7. The van der Waals surface area contributed by atoms with Gasteiger partial charge in [0.15, 0.2) is 5.78 Å². The molecule has 6 nitrogen and oxygen atoms in total. The zero-order valence-electron chi connectivity index (χ0n) is 16.1. The van der Waals surface area contributed by atoms with Gasteiger partial charge in [0, 0.05) is 27.7 Å². The van der Waals surface area contributed by atoms with Gasteiger partial charge in [-0.15, -0.1) is 5.10 Å². The van der Waals surface area contributed by atoms with Crippen LogP contribution in [0.3, 0.4) is 0 Å². The summed E-state index contributed by atoms with van der Waals surface area (Å²) in [7, 11) is 0. The maximum atomic E-state index is 13.7. The van der Waals surface area contributed by atoms with E-state index < -0.39 is 5.25 Å². The monoisotopic (exact) mass is 445 g/mol. The van der Waals surface area contributed by atoms with E-state index in [1.165, 1.54) is 11.8 Å². The molecule has 31 heavy (non-hydrogen) atoms. The number of halogens is 1. The number of fused-ring (bicyclic) bond motifs is 1. The van der Waals surface area contributed by atoms with Crippen LogP contribution in [0.2, 0.25) is 5.02 Å². The first-order valence-corrected chi connectivity index (χ1v) is 10.8. The molecule has 1 N–H and O–H groups in total. The van der Waals surface area contributed by atoms with E-state index in [2.05, 4.69) is 20.5 Å². The molecule has 0 amide bonds. The predicted octanol–water partition coefficient (Wildman–Crippen LogP) is 5.51. The number of nitrogens with zero attached hydrogens (tertiary/aromatic N) is 4. The van der Waals surface area contributed by atoms with Gasteiger partial charge in [-0.3, -0.25) is 4.79 Å². The minimum Gasteiger partial charge on any atom is -0.360 e. The summed E-state index contributed by atoms with van der Waals surface area (Å²) in [6.45, 7) is 0. The summed E-state index contributed by atoms with van der Waals surface area (Å²) in [6.07, 6.45) is 1.77. The van der Waals surface area contributed by atoms with Crippen molar-refractivity contribution >= 4 is 40.0 Å². The van der Waals surface area contributed by atoms with Gasteiger partial charge in [-0.2, -0.15) is 4.68 Å². The van der Waals surface area contributed by atoms with Gasteiger partial charge in [0.1, 0.15) is 5.25 Å². The highest BCUT2D eigenvalue weighted by Gasteiger charge is 2.28. The third kappa shape index (κ3) is 3.85. The van der Waals surface area contributed by atoms with Crippen molar-refractivity contribution in [2.75, 3.05) is 0 Å². The highest BCUT2D eigenvalue weighted by molar-refractivity contribution is 8.00. The van der Waals surface area contributed by atoms with Gasteiger partial charge >= 0.3 is 0 Å². The minimum absolute atomic E-state index is 0.0145. The second-order valence-electron chi connectivity index (χ2n) is 6.87. The number of hydrogen-bond acceptors (Lipinski definition) is 5. The van der Waals surface area contributed by atoms with E-state index in [-0.39, 0.29) is 5.78 Å². The molecule has 0 unspecified atom stereocenters. The van der Waals surface area contributed by atoms with Crippen LogP contribution in [0.25, 0.3) is 16.6 Å². The number of nitrogens with one attached hydrogen (secondary N) is 1. The van der Waals surface area contributed by atoms with Crippen LogP contribution in [-0.2, 0) is 0 Å². The molecule has 2 heterocycles. The molecule has 8 heteroatoms. The molecule has 0 aliphatic carbocycles. The first-order valence-electron chi connectivity index (χ1n) is 9.57. The zero-order chi connectivity index (χ0) is 21.2. The first-order chi connectivity index (χ1) is 15.2. The van der Waals surface area contributed by atoms with E-state index in [4.69, 9.17) is 11.6 Å². The van der Waals surface area contributed by atoms with E-state index in [1.807, 2.05) is 66.7 Å². The Bertz CT molecular complexity index is 1350. The van der Waals surface area contributed by atoms with E-state index >= 15 is 0 Å². The third-order valence-corrected chi connectivity index (χ3v) is 6.37. The second kappa shape index (κ2) is 8.37. The number of tetrazole rings is 1. The lowest BCUT2D eigenvalue weighted by molar-refractivity contribution is 0.0991. The van der Waals surface area contributed by atoms with Crippen LogP contribution in [0.15, 0.2) is 90.2 Å². The summed E-state index contributed by atoms with van der Waals surface area (Å²) in [4.78, 5) is 16.9. The largest absolute Gasteiger partial charge is 0.360 e. The quantitative estimate of drug-likeness (QED) is 0.275. The Balaban J connectivity index is 1.55. The summed E-state index contributed by atoms with van der Waals surface area (Å²) in [5, 5.41) is 13.6. The molecule has 0 saturated carbocycles. The normalized spacial score (nSPS) is 12.2. The van der Waals surface area contributed by atoms with Crippen LogP contribution in [0.4, 0.5) is 0 Å². The van der Waals surface area contributed by atoms with Gasteiger partial charge in [0.2, 0.25) is 5.16 Å². The fourth-order valence-corrected chi connectivity index (χ4v) is 4.61. The van der Waals surface area contributed by atoms with Crippen molar-refractivity contribution < 1.29 is 4.79 Å². The molecule has 2 aromatic heterocycles. The number of thioether (sulfide) groups is 1. The topological polar surface area (TPSA) is 76.5 Å². The van der Waals surface area contributed by atoms with Gasteiger partial charge in [-0.1, -0.05) is 71.9 Å². The number of benzene rings is 3. The van der Waals surface area contributed by atoms with Crippen molar-refractivity contribution in [1.29, 1.82) is 0 Å². The molecule has 0 saturated heterocycles. The van der Waals surface area contributed by atoms with Gasteiger partial charge in [-0.25, -0.2) is 0 Å². The number of Topliss-reactive ketones (excluding diaryl/α,β-unsaturated/α-hetero) is 1. The van der Waals surface area contributed by atoms with Crippen LogP contribution in [-0.4, -0.2) is 31.0 Å². The third-order valence-electron chi connectivity index (χ3n) is 4.93. The number of aromatic amines is 1. The molecule has 152 valence electrons. The molecule has 1 atom stereocenters. The Morgan fingerprint density at radius 2 is 1.71 bits per heavy atom. The summed E-state index contributed by atoms with van der Waals surface area (Å²) >= 11 is 7.33. The predicted molar refractivity (Wildman–Crippen MR) is 122 cm³/mol. The van der Waals surface area contributed by atoms with Crippen LogP contribution < -0.4 is 0 Å². The SMILES string of the molecule is O=C(c1c[nH]c2ccccc12)[C@@H](Sc1nnnn1-c1ccc(Cl)cc1)c1ccccc1. The Hall–Kier alpha value is -3.42. The van der Waals surface area contributed by atoms with Crippen LogP contribution in [0, 0.1) is 0 Å². The molecule has 0 aliphatic rings. The smallest absolute Gasteiger partial charge is 0.215 e. The first kappa shape index (κ1) is 19.5. The van der Waals surface area contributed by atoms with Crippen LogP contribution >= 0.6 is 23.4 Å². The summed E-state index contributed by atoms with van der Waals surface area (Å²) < 4.78 is 1.61. The number of hydrogen-bond donors (Lipinski definition) is 1. The number of para-hydroxylation sites is 1. The minimum atomic E-state index is -0.516. The number of rotatable bonds is 6. The van der Waals surface area contributed by atoms with Gasteiger partial charge in [-0.05, 0) is 46.3 Å². The molecule has 0 aliphatic heterocycles. The molecular weight excluding hydrogens is 430 g/mol. The standard InChI is InChI=1S/C23H16ClN5OS/c24-16-10-12-17(13-11-16)29-23(26-27-28-29)31-22(15-6-2-1-3-7-15)21(30)19-14-25-20-9-5-4-8-18(19)20/h1-14,22,25H/t22-/m0/s1. The highest BCUT2D eigenvalue weighted by Crippen LogP contribution is 2.38. The Morgan fingerprint density at radius 1 is 0.968 bits per heavy atom. The number of ketones is 1. The number of carbonyl (C=O) groups is 1. The lowest BCUT2D eigenvalue weighted by atomic mass is 10.0. The molecule has 5 rings (SSSR count). The molecule has 5 aromatic rings. The van der Waals surface area contributed by atoms with Crippen molar-refractivity contribution in [3.05, 3.63) is 101 Å². The number of aromatic nitrogens is 5. The molecular formula is C23H16ClN5OS. The Morgan fingerprint density at radius 3 is 2.52 bits per heavy atom. The fourth-order valence-electron chi connectivity index (χ4n) is 3.42. The van der Waals surface area contributed by atoms with Crippen molar-refractivity contribution in [3.63, 3.8) is 0 Å². The Kier molecular flexibility index (Phi) is 5.28. The van der Waals surface area contributed by atoms with Crippen LogP contribution in [0.1, 0.15) is 21.2 Å². The number of carbonyl (C=O) groups excluding carboxylic acids is 1. The maximum absolute atomic E-state index is 13.7. The molecule has 3 aromatic carbocycles. The average Bonchev–Trinajstić information content (AvgIpc) is 3.45. The summed E-state index contributed by atoms with van der Waals surface area (Å²) in [5.74, 6) is -0.0145. The molecule has 0 bridgehead atoms. The van der Waals surface area contributed by atoms with Gasteiger partial charge in [0.05, 0.1) is 5.69 Å². The van der Waals surface area contributed by atoms with E-state index in [0.717, 1.165) is 22.2 Å². The molecule has 0 spiro atoms. The molecule has 0 radical (unpaired) electrons. The second-order valence-corrected chi connectivity index (χ2v) is 8.38. The van der Waals surface area contributed by atoms with E-state index in [9.17, 15) is 4.79 Å². The van der Waals surface area contributed by atoms with Crippen LogP contribution in [0.5, 0.6) is 0 Å². The zero-order valence-corrected chi connectivity index (χ0v) is 17.7. The fraction of sp³-hybridized carbons (Fsp3) is 0.0435. The van der Waals surface area contributed by atoms with Crippen molar-refractivity contribution in [2.45, 2.75) is 10.4 Å².